The Morgan fingerprint density at radius 2 is 0.957 bits per heavy atom. The topological polar surface area (TPSA) is 127 Å². The van der Waals surface area contributed by atoms with E-state index in [4.69, 9.17) is 29.0 Å². The lowest BCUT2D eigenvalue weighted by Crippen LogP contribution is -1.91. The van der Waals surface area contributed by atoms with Gasteiger partial charge in [-0.1, -0.05) is 36.4 Å². The number of benzene rings is 2. The van der Waals surface area contributed by atoms with E-state index in [1.165, 1.54) is 22.3 Å². The summed E-state index contributed by atoms with van der Waals surface area (Å²) in [6.07, 6.45) is 8.28. The van der Waals surface area contributed by atoms with Crippen molar-refractivity contribution >= 4 is 46.1 Å². The van der Waals surface area contributed by atoms with E-state index in [2.05, 4.69) is 24.3 Å². The largest absolute Gasteiger partial charge is 0.399 e. The van der Waals surface area contributed by atoms with E-state index in [1.807, 2.05) is 36.4 Å². The standard InChI is InChI=1S/2C8H7N.H2O4S/c2*9-8-4-3-6-1-2-7(6)5-8;1-5(2,3)4/h2*1-5H,9H2;(H2,1,2,3,4). The highest BCUT2D eigenvalue weighted by molar-refractivity contribution is 7.79. The van der Waals surface area contributed by atoms with Crippen molar-refractivity contribution in [3.8, 4) is 0 Å². The molecular weight excluding hydrogens is 316 g/mol. The molecule has 6 nitrogen and oxygen atoms in total. The fourth-order valence-corrected chi connectivity index (χ4v) is 1.95. The van der Waals surface area contributed by atoms with Gasteiger partial charge in [0.05, 0.1) is 0 Å². The van der Waals surface area contributed by atoms with Gasteiger partial charge in [-0.15, -0.1) is 0 Å². The quantitative estimate of drug-likeness (QED) is 0.290. The minimum atomic E-state index is -4.67. The molecule has 120 valence electrons. The summed E-state index contributed by atoms with van der Waals surface area (Å²) in [6, 6.07) is 11.9. The molecule has 0 heterocycles. The number of nitrogens with two attached hydrogens (primary N) is 2. The first-order valence-electron chi connectivity index (χ1n) is 6.57. The van der Waals surface area contributed by atoms with E-state index in [0.717, 1.165) is 11.4 Å². The van der Waals surface area contributed by atoms with Gasteiger partial charge in [-0.25, -0.2) is 0 Å². The fourth-order valence-electron chi connectivity index (χ4n) is 1.95. The van der Waals surface area contributed by atoms with Crippen LogP contribution in [0, 0.1) is 0 Å². The first-order chi connectivity index (χ1) is 10.7. The van der Waals surface area contributed by atoms with Crippen LogP contribution in [-0.2, 0) is 10.4 Å². The first kappa shape index (κ1) is 16.8. The van der Waals surface area contributed by atoms with Crippen molar-refractivity contribution in [1.29, 1.82) is 0 Å². The van der Waals surface area contributed by atoms with Crippen molar-refractivity contribution in [3.63, 3.8) is 0 Å². The van der Waals surface area contributed by atoms with Crippen molar-refractivity contribution in [1.82, 2.24) is 0 Å². The van der Waals surface area contributed by atoms with E-state index in [-0.39, 0.29) is 0 Å². The van der Waals surface area contributed by atoms with Gasteiger partial charge in [0.25, 0.3) is 0 Å². The molecule has 0 aromatic heterocycles. The van der Waals surface area contributed by atoms with E-state index in [0.29, 0.717) is 0 Å². The predicted octanol–water partition coefficient (Wildman–Crippen LogP) is 2.85. The number of anilines is 2. The second kappa shape index (κ2) is 6.66. The van der Waals surface area contributed by atoms with Crippen LogP contribution in [0.3, 0.4) is 0 Å². The summed E-state index contributed by atoms with van der Waals surface area (Å²) in [5, 5.41) is 0. The lowest BCUT2D eigenvalue weighted by molar-refractivity contribution is 0.381. The summed E-state index contributed by atoms with van der Waals surface area (Å²) in [5.41, 5.74) is 17.9. The van der Waals surface area contributed by atoms with Gasteiger partial charge in [-0.2, -0.15) is 8.42 Å². The number of nitrogen functional groups attached to an aromatic ring is 2. The molecule has 0 aliphatic heterocycles. The molecule has 23 heavy (non-hydrogen) atoms. The Balaban J connectivity index is 0.000000132. The number of hydrogen-bond donors (Lipinski definition) is 4. The summed E-state index contributed by atoms with van der Waals surface area (Å²) < 4.78 is 31.6. The van der Waals surface area contributed by atoms with Crippen molar-refractivity contribution in [2.24, 2.45) is 0 Å². The van der Waals surface area contributed by atoms with E-state index < -0.39 is 10.4 Å². The van der Waals surface area contributed by atoms with E-state index in [9.17, 15) is 0 Å². The summed E-state index contributed by atoms with van der Waals surface area (Å²) in [7, 11) is -4.67. The van der Waals surface area contributed by atoms with Gasteiger partial charge in [0.1, 0.15) is 0 Å². The highest BCUT2D eigenvalue weighted by Gasteiger charge is 2.03. The zero-order chi connectivity index (χ0) is 17.0. The summed E-state index contributed by atoms with van der Waals surface area (Å²) >= 11 is 0. The molecular formula is C16H16N2O4S. The maximum absolute atomic E-state index is 8.74. The number of fused-ring (bicyclic) bond motifs is 2. The Hall–Kier alpha value is -2.61. The minimum absolute atomic E-state index is 0.845. The first-order valence-corrected chi connectivity index (χ1v) is 7.97. The van der Waals surface area contributed by atoms with E-state index in [1.54, 1.807) is 0 Å². The summed E-state index contributed by atoms with van der Waals surface area (Å²) in [4.78, 5) is 0. The highest BCUT2D eigenvalue weighted by Crippen LogP contribution is 2.25. The van der Waals surface area contributed by atoms with Crippen molar-refractivity contribution in [3.05, 3.63) is 58.7 Å². The fraction of sp³-hybridized carbons (Fsp3) is 0. The molecule has 0 fully saturated rings. The number of rotatable bonds is 0. The van der Waals surface area contributed by atoms with Gasteiger partial charge in [0.15, 0.2) is 0 Å². The van der Waals surface area contributed by atoms with Gasteiger partial charge in [0.2, 0.25) is 0 Å². The zero-order valence-electron chi connectivity index (χ0n) is 12.0. The van der Waals surface area contributed by atoms with Crippen LogP contribution in [-0.4, -0.2) is 17.5 Å². The van der Waals surface area contributed by atoms with Gasteiger partial charge < -0.3 is 11.5 Å². The molecule has 7 heteroatoms. The molecule has 2 aliphatic rings. The van der Waals surface area contributed by atoms with Crippen LogP contribution < -0.4 is 11.5 Å². The van der Waals surface area contributed by atoms with Crippen molar-refractivity contribution in [2.45, 2.75) is 0 Å². The molecule has 0 atom stereocenters. The zero-order valence-corrected chi connectivity index (χ0v) is 12.9. The molecule has 0 saturated carbocycles. The Kier molecular flexibility index (Phi) is 4.85. The van der Waals surface area contributed by atoms with Crippen LogP contribution in [0.4, 0.5) is 11.4 Å². The Bertz CT molecular complexity index is 819. The van der Waals surface area contributed by atoms with Crippen molar-refractivity contribution in [2.75, 3.05) is 11.5 Å². The molecule has 4 rings (SSSR count). The van der Waals surface area contributed by atoms with Crippen molar-refractivity contribution < 1.29 is 17.5 Å². The minimum Gasteiger partial charge on any atom is -0.399 e. The molecule has 6 N–H and O–H groups in total. The third-order valence-electron chi connectivity index (χ3n) is 3.11. The molecule has 0 saturated heterocycles. The van der Waals surface area contributed by atoms with Gasteiger partial charge in [0, 0.05) is 11.4 Å². The lowest BCUT2D eigenvalue weighted by Gasteiger charge is -2.09. The predicted molar refractivity (Wildman–Crippen MR) is 93.7 cm³/mol. The third-order valence-corrected chi connectivity index (χ3v) is 3.11. The lowest BCUT2D eigenvalue weighted by atomic mass is 9.98. The Morgan fingerprint density at radius 3 is 1.13 bits per heavy atom. The summed E-state index contributed by atoms with van der Waals surface area (Å²) in [6.45, 7) is 0. The third kappa shape index (κ3) is 5.26. The number of hydrogen-bond acceptors (Lipinski definition) is 4. The van der Waals surface area contributed by atoms with Crippen LogP contribution in [0.5, 0.6) is 0 Å². The van der Waals surface area contributed by atoms with Gasteiger partial charge in [-0.3, -0.25) is 9.11 Å². The average molecular weight is 332 g/mol. The maximum Gasteiger partial charge on any atom is 0.394 e. The van der Waals surface area contributed by atoms with Crippen LogP contribution >= 0.6 is 0 Å². The summed E-state index contributed by atoms with van der Waals surface area (Å²) in [5.74, 6) is 0. The molecule has 0 unspecified atom stereocenters. The van der Waals surface area contributed by atoms with Gasteiger partial charge >= 0.3 is 10.4 Å². The second-order valence-electron chi connectivity index (χ2n) is 4.89. The molecule has 0 spiro atoms. The molecule has 2 aliphatic carbocycles. The molecule has 0 bridgehead atoms. The molecule has 2 aromatic rings. The normalized spacial score (nSPS) is 12.3. The van der Waals surface area contributed by atoms with Crippen LogP contribution in [0.15, 0.2) is 36.4 Å². The van der Waals surface area contributed by atoms with Crippen LogP contribution in [0.25, 0.3) is 24.3 Å². The molecule has 0 radical (unpaired) electrons. The average Bonchev–Trinajstić information content (AvgIpc) is 2.36. The smallest absolute Gasteiger partial charge is 0.394 e. The Morgan fingerprint density at radius 1 is 0.652 bits per heavy atom. The monoisotopic (exact) mass is 332 g/mol. The maximum atomic E-state index is 8.74. The van der Waals surface area contributed by atoms with Crippen LogP contribution in [0.2, 0.25) is 0 Å². The molecule has 0 amide bonds. The van der Waals surface area contributed by atoms with Gasteiger partial charge in [-0.05, 0) is 46.5 Å². The molecule has 2 aromatic carbocycles. The highest BCUT2D eigenvalue weighted by atomic mass is 32.3. The van der Waals surface area contributed by atoms with E-state index >= 15 is 0 Å². The Labute approximate surface area is 134 Å². The SMILES string of the molecule is Nc1ccc2c(c1)C=C2.Nc1ccc2c(c1)C=C2.O=S(=O)(O)O. The van der Waals surface area contributed by atoms with Crippen LogP contribution in [0.1, 0.15) is 22.3 Å². The second-order valence-corrected chi connectivity index (χ2v) is 5.79.